The Hall–Kier alpha value is -1.91. The predicted octanol–water partition coefficient (Wildman–Crippen LogP) is 2.24. The lowest BCUT2D eigenvalue weighted by Gasteiger charge is -1.97. The molecule has 5 nitrogen and oxygen atoms in total. The van der Waals surface area contributed by atoms with Crippen LogP contribution in [0.3, 0.4) is 0 Å². The van der Waals surface area contributed by atoms with Gasteiger partial charge in [-0.1, -0.05) is 13.8 Å². The van der Waals surface area contributed by atoms with Crippen LogP contribution in [0.25, 0.3) is 5.65 Å². The lowest BCUT2D eigenvalue weighted by atomic mass is 10.2. The van der Waals surface area contributed by atoms with Crippen LogP contribution in [0, 0.1) is 6.92 Å². The van der Waals surface area contributed by atoms with E-state index in [0.717, 1.165) is 5.56 Å². The second-order valence-electron chi connectivity index (χ2n) is 3.08. The van der Waals surface area contributed by atoms with Crippen molar-refractivity contribution < 1.29 is 9.53 Å². The Balaban J connectivity index is 0.000000686. The fraction of sp³-hybridized carbons (Fsp3) is 0.417. The van der Waals surface area contributed by atoms with Gasteiger partial charge in [0.25, 0.3) is 0 Å². The molecule has 0 amide bonds. The molecule has 2 heterocycles. The highest BCUT2D eigenvalue weighted by molar-refractivity contribution is 5.90. The zero-order valence-electron chi connectivity index (χ0n) is 10.6. The van der Waals surface area contributed by atoms with Crippen molar-refractivity contribution in [3.63, 3.8) is 0 Å². The molecule has 0 spiro atoms. The van der Waals surface area contributed by atoms with E-state index in [1.165, 1.54) is 0 Å². The lowest BCUT2D eigenvalue weighted by Crippen LogP contribution is -2.06. The van der Waals surface area contributed by atoms with Gasteiger partial charge in [-0.05, 0) is 19.9 Å². The number of aromatic nitrogens is 3. The van der Waals surface area contributed by atoms with Crippen LogP contribution in [0.15, 0.2) is 18.5 Å². The van der Waals surface area contributed by atoms with E-state index in [1.807, 2.05) is 20.8 Å². The van der Waals surface area contributed by atoms with Gasteiger partial charge in [-0.2, -0.15) is 5.10 Å². The highest BCUT2D eigenvalue weighted by atomic mass is 16.5. The summed E-state index contributed by atoms with van der Waals surface area (Å²) in [6, 6.07) is 1.76. The molecule has 0 aliphatic heterocycles. The van der Waals surface area contributed by atoms with Crippen molar-refractivity contribution in [1.29, 1.82) is 0 Å². The molecule has 0 fully saturated rings. The van der Waals surface area contributed by atoms with Gasteiger partial charge in [-0.25, -0.2) is 14.3 Å². The van der Waals surface area contributed by atoms with Crippen molar-refractivity contribution in [2.24, 2.45) is 0 Å². The SMILES string of the molecule is CC.CCOC(=O)c1nn2cccnc2c1C. The summed E-state index contributed by atoms with van der Waals surface area (Å²) < 4.78 is 6.47. The zero-order valence-corrected chi connectivity index (χ0v) is 10.6. The van der Waals surface area contributed by atoms with E-state index >= 15 is 0 Å². The van der Waals surface area contributed by atoms with Crippen LogP contribution in [0.5, 0.6) is 0 Å². The number of esters is 1. The second-order valence-corrected chi connectivity index (χ2v) is 3.08. The Morgan fingerprint density at radius 2 is 2.18 bits per heavy atom. The maximum absolute atomic E-state index is 11.5. The van der Waals surface area contributed by atoms with Crippen molar-refractivity contribution in [2.75, 3.05) is 6.61 Å². The molecule has 0 aliphatic carbocycles. The third-order valence-electron chi connectivity index (χ3n) is 2.09. The maximum Gasteiger partial charge on any atom is 0.359 e. The van der Waals surface area contributed by atoms with Gasteiger partial charge in [0, 0.05) is 18.0 Å². The molecule has 92 valence electrons. The van der Waals surface area contributed by atoms with Crippen molar-refractivity contribution in [2.45, 2.75) is 27.7 Å². The van der Waals surface area contributed by atoms with Crippen LogP contribution in [0.4, 0.5) is 0 Å². The van der Waals surface area contributed by atoms with Gasteiger partial charge in [-0.3, -0.25) is 0 Å². The van der Waals surface area contributed by atoms with Crippen molar-refractivity contribution in [1.82, 2.24) is 14.6 Å². The number of carbonyl (C=O) groups is 1. The van der Waals surface area contributed by atoms with Crippen molar-refractivity contribution in [3.8, 4) is 0 Å². The summed E-state index contributed by atoms with van der Waals surface area (Å²) in [4.78, 5) is 15.6. The highest BCUT2D eigenvalue weighted by Gasteiger charge is 2.17. The number of nitrogens with zero attached hydrogens (tertiary/aromatic N) is 3. The van der Waals surface area contributed by atoms with Crippen LogP contribution < -0.4 is 0 Å². The highest BCUT2D eigenvalue weighted by Crippen LogP contribution is 2.12. The molecule has 2 aromatic rings. The molecular weight excluding hydrogens is 218 g/mol. The molecule has 0 N–H and O–H groups in total. The Bertz CT molecular complexity index is 505. The van der Waals surface area contributed by atoms with Crippen LogP contribution in [0.1, 0.15) is 36.8 Å². The Morgan fingerprint density at radius 1 is 1.47 bits per heavy atom. The summed E-state index contributed by atoms with van der Waals surface area (Å²) >= 11 is 0. The third kappa shape index (κ3) is 2.61. The molecule has 17 heavy (non-hydrogen) atoms. The van der Waals surface area contributed by atoms with E-state index in [2.05, 4.69) is 10.1 Å². The zero-order chi connectivity index (χ0) is 12.8. The lowest BCUT2D eigenvalue weighted by molar-refractivity contribution is 0.0518. The summed E-state index contributed by atoms with van der Waals surface area (Å²) in [5.74, 6) is -0.402. The Morgan fingerprint density at radius 3 is 2.76 bits per heavy atom. The normalized spacial score (nSPS) is 9.65. The molecule has 0 radical (unpaired) electrons. The van der Waals surface area contributed by atoms with E-state index in [-0.39, 0.29) is 0 Å². The summed E-state index contributed by atoms with van der Waals surface area (Å²) in [6.45, 7) is 7.92. The van der Waals surface area contributed by atoms with Crippen molar-refractivity contribution in [3.05, 3.63) is 29.7 Å². The summed E-state index contributed by atoms with van der Waals surface area (Å²) in [5, 5.41) is 4.11. The molecule has 0 bridgehead atoms. The fourth-order valence-electron chi connectivity index (χ4n) is 1.39. The van der Waals surface area contributed by atoms with E-state index in [4.69, 9.17) is 4.74 Å². The minimum Gasteiger partial charge on any atom is -0.461 e. The predicted molar refractivity (Wildman–Crippen MR) is 65.0 cm³/mol. The van der Waals surface area contributed by atoms with Gasteiger partial charge in [0.1, 0.15) is 0 Å². The number of aryl methyl sites for hydroxylation is 1. The summed E-state index contributed by atoms with van der Waals surface area (Å²) in [7, 11) is 0. The monoisotopic (exact) mass is 235 g/mol. The maximum atomic E-state index is 11.5. The quantitative estimate of drug-likeness (QED) is 0.749. The smallest absolute Gasteiger partial charge is 0.359 e. The molecule has 0 saturated heterocycles. The second kappa shape index (κ2) is 5.98. The number of rotatable bonds is 2. The standard InChI is InChI=1S/C10H11N3O2.C2H6/c1-3-15-10(14)8-7(2)9-11-5-4-6-13(9)12-8;1-2/h4-6H,3H2,1-2H3;1-2H3. The molecule has 0 unspecified atom stereocenters. The molecule has 5 heteroatoms. The van der Waals surface area contributed by atoms with E-state index in [1.54, 1.807) is 29.9 Å². The molecule has 2 rings (SSSR count). The first kappa shape index (κ1) is 13.2. The van der Waals surface area contributed by atoms with Gasteiger partial charge in [-0.15, -0.1) is 0 Å². The average molecular weight is 235 g/mol. The fourth-order valence-corrected chi connectivity index (χ4v) is 1.39. The van der Waals surface area contributed by atoms with Gasteiger partial charge < -0.3 is 4.74 Å². The number of carbonyl (C=O) groups excluding carboxylic acids is 1. The van der Waals surface area contributed by atoms with Gasteiger partial charge in [0.05, 0.1) is 6.61 Å². The molecule has 2 aromatic heterocycles. The molecule has 0 aromatic carbocycles. The largest absolute Gasteiger partial charge is 0.461 e. The first-order chi connectivity index (χ1) is 8.24. The van der Waals surface area contributed by atoms with Gasteiger partial charge >= 0.3 is 5.97 Å². The topological polar surface area (TPSA) is 56.5 Å². The van der Waals surface area contributed by atoms with E-state index in [0.29, 0.717) is 17.9 Å². The average Bonchev–Trinajstić information content (AvgIpc) is 2.70. The van der Waals surface area contributed by atoms with Crippen LogP contribution >= 0.6 is 0 Å². The van der Waals surface area contributed by atoms with E-state index < -0.39 is 5.97 Å². The summed E-state index contributed by atoms with van der Waals surface area (Å²) in [5.41, 5.74) is 1.75. The number of ether oxygens (including phenoxy) is 1. The minimum atomic E-state index is -0.402. The Labute approximate surface area is 100 Å². The number of hydrogen-bond acceptors (Lipinski definition) is 4. The molecular formula is C12H17N3O2. The third-order valence-corrected chi connectivity index (χ3v) is 2.09. The first-order valence-corrected chi connectivity index (χ1v) is 5.71. The van der Waals surface area contributed by atoms with Crippen LogP contribution in [0.2, 0.25) is 0 Å². The van der Waals surface area contributed by atoms with E-state index in [9.17, 15) is 4.79 Å². The molecule has 0 saturated carbocycles. The summed E-state index contributed by atoms with van der Waals surface area (Å²) in [6.07, 6.45) is 3.41. The first-order valence-electron chi connectivity index (χ1n) is 5.71. The van der Waals surface area contributed by atoms with Gasteiger partial charge in [0.15, 0.2) is 11.3 Å². The molecule has 0 atom stereocenters. The van der Waals surface area contributed by atoms with Crippen LogP contribution in [-0.4, -0.2) is 27.2 Å². The number of fused-ring (bicyclic) bond motifs is 1. The van der Waals surface area contributed by atoms with Crippen molar-refractivity contribution >= 4 is 11.6 Å². The van der Waals surface area contributed by atoms with Gasteiger partial charge in [0.2, 0.25) is 0 Å². The minimum absolute atomic E-state index is 0.329. The Kier molecular flexibility index (Phi) is 4.63. The molecule has 0 aliphatic rings. The van der Waals surface area contributed by atoms with Crippen LogP contribution in [-0.2, 0) is 4.74 Å². The number of hydrogen-bond donors (Lipinski definition) is 0.